The maximum absolute atomic E-state index is 11.1. The average molecular weight is 187 g/mol. The molecular weight excluding hydrogens is 170 g/mol. The van der Waals surface area contributed by atoms with Crippen molar-refractivity contribution in [1.29, 1.82) is 0 Å². The Balaban J connectivity index is 2.79. The Bertz CT molecular complexity index is 191. The predicted molar refractivity (Wildman–Crippen MR) is 48.5 cm³/mol. The summed E-state index contributed by atoms with van der Waals surface area (Å²) in [5.74, 6) is -0.881. The van der Waals surface area contributed by atoms with Gasteiger partial charge >= 0.3 is 5.97 Å². The van der Waals surface area contributed by atoms with E-state index in [4.69, 9.17) is 5.11 Å². The lowest BCUT2D eigenvalue weighted by Crippen LogP contribution is -2.54. The van der Waals surface area contributed by atoms with Crippen LogP contribution < -0.4 is 5.32 Å². The Hall–Kier alpha value is -0.610. The smallest absolute Gasteiger partial charge is 0.313 e. The van der Waals surface area contributed by atoms with Gasteiger partial charge in [-0.25, -0.2) is 0 Å². The van der Waals surface area contributed by atoms with Gasteiger partial charge in [-0.2, -0.15) is 0 Å². The maximum atomic E-state index is 11.1. The number of aliphatic hydroxyl groups is 1. The fourth-order valence-electron chi connectivity index (χ4n) is 1.97. The number of hydrogen-bond donors (Lipinski definition) is 3. The van der Waals surface area contributed by atoms with E-state index in [-0.39, 0.29) is 0 Å². The molecule has 0 spiro atoms. The highest BCUT2D eigenvalue weighted by atomic mass is 16.4. The number of aliphatic hydroxyl groups excluding tert-OH is 1. The third kappa shape index (κ3) is 1.84. The maximum Gasteiger partial charge on any atom is 0.313 e. The van der Waals surface area contributed by atoms with Crippen LogP contribution in [0, 0.1) is 5.41 Å². The van der Waals surface area contributed by atoms with Gasteiger partial charge < -0.3 is 15.5 Å². The number of carbonyl (C=O) groups is 1. The van der Waals surface area contributed by atoms with E-state index in [0.717, 1.165) is 6.42 Å². The Kier molecular flexibility index (Phi) is 3.27. The fourth-order valence-corrected chi connectivity index (χ4v) is 1.97. The quantitative estimate of drug-likeness (QED) is 0.591. The molecule has 0 saturated carbocycles. The second kappa shape index (κ2) is 4.07. The number of carboxylic acids is 1. The zero-order valence-corrected chi connectivity index (χ0v) is 7.92. The Morgan fingerprint density at radius 2 is 2.38 bits per heavy atom. The van der Waals surface area contributed by atoms with Crippen LogP contribution in [0.3, 0.4) is 0 Å². The fraction of sp³-hybridized carbons (Fsp3) is 0.889. The molecule has 4 nitrogen and oxygen atoms in total. The van der Waals surface area contributed by atoms with Crippen LogP contribution in [-0.2, 0) is 4.79 Å². The summed E-state index contributed by atoms with van der Waals surface area (Å²) in [6, 6.07) is 0. The van der Waals surface area contributed by atoms with Crippen LogP contribution in [0.5, 0.6) is 0 Å². The van der Waals surface area contributed by atoms with Gasteiger partial charge in [-0.15, -0.1) is 0 Å². The van der Waals surface area contributed by atoms with Crippen LogP contribution >= 0.6 is 0 Å². The van der Waals surface area contributed by atoms with Crippen molar-refractivity contribution in [1.82, 2.24) is 5.32 Å². The number of piperidine rings is 1. The van der Waals surface area contributed by atoms with Crippen molar-refractivity contribution in [2.75, 3.05) is 13.1 Å². The lowest BCUT2D eigenvalue weighted by atomic mass is 9.75. The summed E-state index contributed by atoms with van der Waals surface area (Å²) in [5, 5.41) is 21.8. The number of rotatable bonds is 3. The molecule has 3 N–H and O–H groups in total. The van der Waals surface area contributed by atoms with Crippen molar-refractivity contribution in [3.8, 4) is 0 Å². The van der Waals surface area contributed by atoms with E-state index in [9.17, 15) is 9.90 Å². The second-order valence-electron chi connectivity index (χ2n) is 3.69. The highest BCUT2D eigenvalue weighted by Gasteiger charge is 2.45. The lowest BCUT2D eigenvalue weighted by Gasteiger charge is -2.38. The van der Waals surface area contributed by atoms with E-state index in [2.05, 4.69) is 5.32 Å². The van der Waals surface area contributed by atoms with Crippen LogP contribution in [0.2, 0.25) is 0 Å². The summed E-state index contributed by atoms with van der Waals surface area (Å²) in [6.07, 6.45) is 1.15. The molecule has 1 heterocycles. The molecule has 0 aromatic carbocycles. The third-order valence-electron chi connectivity index (χ3n) is 2.79. The predicted octanol–water partition coefficient (Wildman–Crippen LogP) is 0.212. The minimum Gasteiger partial charge on any atom is -0.481 e. The Morgan fingerprint density at radius 1 is 1.69 bits per heavy atom. The molecule has 1 rings (SSSR count). The largest absolute Gasteiger partial charge is 0.481 e. The normalized spacial score (nSPS) is 34.5. The van der Waals surface area contributed by atoms with Gasteiger partial charge in [0, 0.05) is 6.54 Å². The molecule has 0 amide bonds. The van der Waals surface area contributed by atoms with Gasteiger partial charge in [-0.05, 0) is 19.4 Å². The SMILES string of the molecule is CCC[C@]1(C(=O)O)CNCC[C@@H]1O. The molecule has 4 heteroatoms. The van der Waals surface area contributed by atoms with E-state index in [1.165, 1.54) is 0 Å². The summed E-state index contributed by atoms with van der Waals surface area (Å²) in [5.41, 5.74) is -0.951. The minimum atomic E-state index is -0.951. The molecule has 76 valence electrons. The van der Waals surface area contributed by atoms with Gasteiger partial charge in [-0.1, -0.05) is 13.3 Å². The molecule has 0 aliphatic carbocycles. The summed E-state index contributed by atoms with van der Waals surface area (Å²) in [6.45, 7) is 3.03. The molecule has 0 bridgehead atoms. The number of hydrogen-bond acceptors (Lipinski definition) is 3. The summed E-state index contributed by atoms with van der Waals surface area (Å²) < 4.78 is 0. The molecular formula is C9H17NO3. The first-order valence-electron chi connectivity index (χ1n) is 4.75. The van der Waals surface area contributed by atoms with Crippen molar-refractivity contribution in [2.24, 2.45) is 5.41 Å². The highest BCUT2D eigenvalue weighted by molar-refractivity contribution is 5.76. The average Bonchev–Trinajstić information content (AvgIpc) is 2.09. The molecule has 0 aromatic rings. The molecule has 1 saturated heterocycles. The van der Waals surface area contributed by atoms with Gasteiger partial charge in [0.1, 0.15) is 5.41 Å². The van der Waals surface area contributed by atoms with E-state index in [1.54, 1.807) is 0 Å². The van der Waals surface area contributed by atoms with Crippen LogP contribution in [0.25, 0.3) is 0 Å². The summed E-state index contributed by atoms with van der Waals surface area (Å²) in [4.78, 5) is 11.1. The Labute approximate surface area is 78.0 Å². The highest BCUT2D eigenvalue weighted by Crippen LogP contribution is 2.32. The molecule has 0 aromatic heterocycles. The van der Waals surface area contributed by atoms with E-state index >= 15 is 0 Å². The summed E-state index contributed by atoms with van der Waals surface area (Å²) >= 11 is 0. The van der Waals surface area contributed by atoms with Crippen molar-refractivity contribution in [3.63, 3.8) is 0 Å². The second-order valence-corrected chi connectivity index (χ2v) is 3.69. The standard InChI is InChI=1S/C9H17NO3/c1-2-4-9(8(12)13)6-10-5-3-7(9)11/h7,10-11H,2-6H2,1H3,(H,12,13)/t7-,9-/m0/s1. The lowest BCUT2D eigenvalue weighted by molar-refractivity contribution is -0.159. The zero-order valence-electron chi connectivity index (χ0n) is 7.92. The summed E-state index contributed by atoms with van der Waals surface area (Å²) in [7, 11) is 0. The van der Waals surface area contributed by atoms with Gasteiger partial charge in [0.2, 0.25) is 0 Å². The minimum absolute atomic E-state index is 0.386. The number of nitrogens with one attached hydrogen (secondary N) is 1. The number of carboxylic acid groups (broad SMARTS) is 1. The van der Waals surface area contributed by atoms with Crippen molar-refractivity contribution >= 4 is 5.97 Å². The first-order valence-corrected chi connectivity index (χ1v) is 4.75. The molecule has 0 radical (unpaired) electrons. The topological polar surface area (TPSA) is 69.6 Å². The first-order chi connectivity index (χ1) is 6.13. The van der Waals surface area contributed by atoms with Gasteiger partial charge in [0.05, 0.1) is 6.10 Å². The van der Waals surface area contributed by atoms with Crippen LogP contribution in [0.15, 0.2) is 0 Å². The van der Waals surface area contributed by atoms with Crippen LogP contribution in [0.1, 0.15) is 26.2 Å². The van der Waals surface area contributed by atoms with Crippen molar-refractivity contribution in [3.05, 3.63) is 0 Å². The molecule has 1 aliphatic rings. The molecule has 2 atom stereocenters. The van der Waals surface area contributed by atoms with Gasteiger partial charge in [0.25, 0.3) is 0 Å². The van der Waals surface area contributed by atoms with Gasteiger partial charge in [0.15, 0.2) is 0 Å². The molecule has 1 aliphatic heterocycles. The van der Waals surface area contributed by atoms with Gasteiger partial charge in [-0.3, -0.25) is 4.79 Å². The van der Waals surface area contributed by atoms with Crippen LogP contribution in [-0.4, -0.2) is 35.4 Å². The van der Waals surface area contributed by atoms with E-state index in [1.807, 2.05) is 6.92 Å². The first kappa shape index (κ1) is 10.5. The Morgan fingerprint density at radius 3 is 2.85 bits per heavy atom. The van der Waals surface area contributed by atoms with Crippen molar-refractivity contribution < 1.29 is 15.0 Å². The number of aliphatic carboxylic acids is 1. The third-order valence-corrected chi connectivity index (χ3v) is 2.79. The zero-order chi connectivity index (χ0) is 9.90. The molecule has 13 heavy (non-hydrogen) atoms. The molecule has 1 fully saturated rings. The van der Waals surface area contributed by atoms with E-state index < -0.39 is 17.5 Å². The van der Waals surface area contributed by atoms with Crippen molar-refractivity contribution in [2.45, 2.75) is 32.3 Å². The monoisotopic (exact) mass is 187 g/mol. The molecule has 0 unspecified atom stereocenters. The van der Waals surface area contributed by atoms with E-state index in [0.29, 0.717) is 25.9 Å². The van der Waals surface area contributed by atoms with Crippen LogP contribution in [0.4, 0.5) is 0 Å².